The molecule has 4 nitrogen and oxygen atoms in total. The van der Waals surface area contributed by atoms with E-state index >= 15 is 0 Å². The van der Waals surface area contributed by atoms with Gasteiger partial charge in [0, 0.05) is 6.42 Å². The summed E-state index contributed by atoms with van der Waals surface area (Å²) >= 11 is 0. The number of nitrogens with one attached hydrogen (secondary N) is 1. The summed E-state index contributed by atoms with van der Waals surface area (Å²) in [5.41, 5.74) is 0.491. The van der Waals surface area contributed by atoms with Crippen molar-refractivity contribution in [2.45, 2.75) is 57.6 Å². The van der Waals surface area contributed by atoms with Crippen LogP contribution in [0.25, 0.3) is 0 Å². The predicted octanol–water partition coefficient (Wildman–Crippen LogP) is 3.00. The largest absolute Gasteiger partial charge is 0.490 e. The van der Waals surface area contributed by atoms with Crippen molar-refractivity contribution in [1.82, 2.24) is 5.32 Å². The Morgan fingerprint density at radius 2 is 2.10 bits per heavy atom. The maximum atomic E-state index is 11.5. The zero-order valence-corrected chi connectivity index (χ0v) is 12.9. The van der Waals surface area contributed by atoms with Gasteiger partial charge in [0.15, 0.2) is 0 Å². The summed E-state index contributed by atoms with van der Waals surface area (Å²) in [6.45, 7) is 4.76. The molecule has 2 N–H and O–H groups in total. The number of hydrogen-bond donors (Lipinski definition) is 2. The van der Waals surface area contributed by atoms with E-state index in [1.54, 1.807) is 0 Å². The van der Waals surface area contributed by atoms with Crippen LogP contribution in [0.4, 0.5) is 0 Å². The molecule has 0 bridgehead atoms. The number of hydrogen-bond acceptors (Lipinski definition) is 3. The van der Waals surface area contributed by atoms with Crippen molar-refractivity contribution in [3.63, 3.8) is 0 Å². The van der Waals surface area contributed by atoms with Gasteiger partial charge < -0.3 is 15.2 Å². The van der Waals surface area contributed by atoms with Gasteiger partial charge in [-0.25, -0.2) is 0 Å². The molecule has 0 radical (unpaired) electrons. The molecule has 0 amide bonds. The third-order valence-corrected chi connectivity index (χ3v) is 4.16. The Labute approximate surface area is 126 Å². The molecule has 1 aliphatic rings. The topological polar surface area (TPSA) is 58.6 Å². The molecule has 21 heavy (non-hydrogen) atoms. The summed E-state index contributed by atoms with van der Waals surface area (Å²) in [6.07, 6.45) is 4.09. The van der Waals surface area contributed by atoms with Crippen molar-refractivity contribution in [3.8, 4) is 5.75 Å². The lowest BCUT2D eigenvalue weighted by Crippen LogP contribution is -2.50. The lowest BCUT2D eigenvalue weighted by molar-refractivity contribution is -0.144. The summed E-state index contributed by atoms with van der Waals surface area (Å²) < 4.78 is 5.96. The molecule has 1 aromatic carbocycles. The van der Waals surface area contributed by atoms with Gasteiger partial charge in [-0.2, -0.15) is 0 Å². The summed E-state index contributed by atoms with van der Waals surface area (Å²) in [5.74, 6) is 0.0614. The Morgan fingerprint density at radius 1 is 1.38 bits per heavy atom. The molecule has 0 spiro atoms. The van der Waals surface area contributed by atoms with Gasteiger partial charge >= 0.3 is 5.97 Å². The number of aryl methyl sites for hydroxylation is 1. The Bertz CT molecular complexity index is 471. The molecule has 2 unspecified atom stereocenters. The fraction of sp³-hybridized carbons (Fsp3) is 0.588. The highest BCUT2D eigenvalue weighted by molar-refractivity contribution is 5.79. The third kappa shape index (κ3) is 3.76. The van der Waals surface area contributed by atoms with Crippen molar-refractivity contribution in [3.05, 3.63) is 29.8 Å². The van der Waals surface area contributed by atoms with Crippen LogP contribution < -0.4 is 10.1 Å². The van der Waals surface area contributed by atoms with Gasteiger partial charge in [-0.1, -0.05) is 32.4 Å². The number of carbonyl (C=O) groups is 1. The Balaban J connectivity index is 1.96. The standard InChI is InChI=1S/C17H25NO3/c1-3-5-13-6-8-14(9-7-13)21-15-10-11-17(12-15,16(19)20)18-4-2/h6-9,15,18H,3-5,10-12H2,1-2H3,(H,19,20). The molecule has 116 valence electrons. The minimum Gasteiger partial charge on any atom is -0.490 e. The highest BCUT2D eigenvalue weighted by Crippen LogP contribution is 2.33. The van der Waals surface area contributed by atoms with Gasteiger partial charge in [-0.3, -0.25) is 4.79 Å². The molecular weight excluding hydrogens is 266 g/mol. The van der Waals surface area contributed by atoms with Crippen LogP contribution in [0.3, 0.4) is 0 Å². The highest BCUT2D eigenvalue weighted by atomic mass is 16.5. The fourth-order valence-corrected chi connectivity index (χ4v) is 3.09. The molecule has 0 aliphatic heterocycles. The van der Waals surface area contributed by atoms with Crippen LogP contribution >= 0.6 is 0 Å². The van der Waals surface area contributed by atoms with E-state index < -0.39 is 11.5 Å². The maximum absolute atomic E-state index is 11.5. The normalized spacial score (nSPS) is 25.0. The molecule has 2 atom stereocenters. The first-order valence-electron chi connectivity index (χ1n) is 7.83. The van der Waals surface area contributed by atoms with E-state index in [1.807, 2.05) is 19.1 Å². The number of carboxylic acid groups (broad SMARTS) is 1. The fourth-order valence-electron chi connectivity index (χ4n) is 3.09. The minimum atomic E-state index is -0.818. The molecular formula is C17H25NO3. The number of ether oxygens (including phenoxy) is 1. The van der Waals surface area contributed by atoms with Gasteiger partial charge in [0.2, 0.25) is 0 Å². The van der Waals surface area contributed by atoms with Crippen LogP contribution in [0, 0.1) is 0 Å². The lowest BCUT2D eigenvalue weighted by Gasteiger charge is -2.25. The van der Waals surface area contributed by atoms with E-state index in [1.165, 1.54) is 5.56 Å². The highest BCUT2D eigenvalue weighted by Gasteiger charge is 2.45. The number of aliphatic carboxylic acids is 1. The van der Waals surface area contributed by atoms with E-state index in [-0.39, 0.29) is 6.10 Å². The quantitative estimate of drug-likeness (QED) is 0.811. The minimum absolute atomic E-state index is 0.0304. The van der Waals surface area contributed by atoms with Crippen molar-refractivity contribution < 1.29 is 14.6 Å². The Morgan fingerprint density at radius 3 is 2.67 bits per heavy atom. The second-order valence-corrected chi connectivity index (χ2v) is 5.79. The van der Waals surface area contributed by atoms with E-state index in [2.05, 4.69) is 24.4 Å². The summed E-state index contributed by atoms with van der Waals surface area (Å²) in [6, 6.07) is 8.14. The van der Waals surface area contributed by atoms with E-state index in [9.17, 15) is 9.90 Å². The summed E-state index contributed by atoms with van der Waals surface area (Å²) in [7, 11) is 0. The van der Waals surface area contributed by atoms with Gasteiger partial charge in [0.1, 0.15) is 17.4 Å². The number of likely N-dealkylation sites (N-methyl/N-ethyl adjacent to an activating group) is 1. The van der Waals surface area contributed by atoms with Crippen molar-refractivity contribution in [2.75, 3.05) is 6.54 Å². The second kappa shape index (κ2) is 6.94. The summed E-state index contributed by atoms with van der Waals surface area (Å²) in [4.78, 5) is 11.5. The van der Waals surface area contributed by atoms with Crippen LogP contribution in [-0.2, 0) is 11.2 Å². The van der Waals surface area contributed by atoms with Gasteiger partial charge in [0.05, 0.1) is 0 Å². The lowest BCUT2D eigenvalue weighted by atomic mass is 9.98. The van der Waals surface area contributed by atoms with Crippen molar-refractivity contribution in [1.29, 1.82) is 0 Å². The smallest absolute Gasteiger partial charge is 0.324 e. The summed E-state index contributed by atoms with van der Waals surface area (Å²) in [5, 5.41) is 12.6. The molecule has 0 heterocycles. The predicted molar refractivity (Wildman–Crippen MR) is 82.7 cm³/mol. The SMILES string of the molecule is CCCc1ccc(OC2CCC(NCC)(C(=O)O)C2)cc1. The van der Waals surface area contributed by atoms with Crippen molar-refractivity contribution in [2.24, 2.45) is 0 Å². The molecule has 4 heteroatoms. The van der Waals surface area contributed by atoms with Crippen LogP contribution in [0.2, 0.25) is 0 Å². The monoisotopic (exact) mass is 291 g/mol. The average Bonchev–Trinajstić information content (AvgIpc) is 2.86. The van der Waals surface area contributed by atoms with Crippen LogP contribution in [-0.4, -0.2) is 29.3 Å². The van der Waals surface area contributed by atoms with Gasteiger partial charge in [0.25, 0.3) is 0 Å². The second-order valence-electron chi connectivity index (χ2n) is 5.79. The molecule has 1 saturated carbocycles. The molecule has 1 aromatic rings. The van der Waals surface area contributed by atoms with Gasteiger partial charge in [-0.05, 0) is 43.5 Å². The molecule has 0 aromatic heterocycles. The zero-order valence-electron chi connectivity index (χ0n) is 12.9. The molecule has 1 aliphatic carbocycles. The first-order chi connectivity index (χ1) is 10.1. The van der Waals surface area contributed by atoms with Crippen molar-refractivity contribution >= 4 is 5.97 Å². The Hall–Kier alpha value is -1.55. The average molecular weight is 291 g/mol. The number of rotatable bonds is 7. The third-order valence-electron chi connectivity index (χ3n) is 4.16. The van der Waals surface area contributed by atoms with E-state index in [0.29, 0.717) is 19.4 Å². The van der Waals surface area contributed by atoms with Crippen LogP contribution in [0.5, 0.6) is 5.75 Å². The maximum Gasteiger partial charge on any atom is 0.324 e. The number of carboxylic acids is 1. The molecule has 1 fully saturated rings. The molecule has 0 saturated heterocycles. The van der Waals surface area contributed by atoms with E-state index in [0.717, 1.165) is 25.0 Å². The number of benzene rings is 1. The molecule has 2 rings (SSSR count). The Kier molecular flexibility index (Phi) is 5.23. The van der Waals surface area contributed by atoms with E-state index in [4.69, 9.17) is 4.74 Å². The first kappa shape index (κ1) is 15.8. The van der Waals surface area contributed by atoms with Gasteiger partial charge in [-0.15, -0.1) is 0 Å². The van der Waals surface area contributed by atoms with Crippen LogP contribution in [0.15, 0.2) is 24.3 Å². The van der Waals surface area contributed by atoms with Crippen LogP contribution in [0.1, 0.15) is 45.1 Å². The first-order valence-corrected chi connectivity index (χ1v) is 7.83. The zero-order chi connectivity index (χ0) is 15.3.